The van der Waals surface area contributed by atoms with Gasteiger partial charge in [0, 0.05) is 17.1 Å². The van der Waals surface area contributed by atoms with Gasteiger partial charge in [-0.1, -0.05) is 17.7 Å². The van der Waals surface area contributed by atoms with E-state index >= 15 is 0 Å². The normalized spacial score (nSPS) is 10.4. The Bertz CT molecular complexity index is 575. The number of ether oxygens (including phenoxy) is 1. The zero-order valence-corrected chi connectivity index (χ0v) is 10.0. The van der Waals surface area contributed by atoms with E-state index in [4.69, 9.17) is 22.1 Å². The predicted molar refractivity (Wildman–Crippen MR) is 65.8 cm³/mol. The van der Waals surface area contributed by atoms with Crippen LogP contribution in [0.3, 0.4) is 0 Å². The van der Waals surface area contributed by atoms with Crippen LogP contribution in [0.2, 0.25) is 5.02 Å². The van der Waals surface area contributed by atoms with Crippen molar-refractivity contribution in [2.45, 2.75) is 6.54 Å². The standard InChI is InChI=1S/C13H10ClF2NO/c14-9-4-5-11(8(6-9)7-17)18-12-3-1-2-10(15)13(12)16/h1-6H,7,17H2. The van der Waals surface area contributed by atoms with E-state index in [-0.39, 0.29) is 12.3 Å². The van der Waals surface area contributed by atoms with E-state index < -0.39 is 11.6 Å². The minimum atomic E-state index is -1.03. The van der Waals surface area contributed by atoms with Crippen molar-refractivity contribution in [1.82, 2.24) is 0 Å². The molecule has 0 atom stereocenters. The van der Waals surface area contributed by atoms with Gasteiger partial charge in [0.1, 0.15) is 5.75 Å². The van der Waals surface area contributed by atoms with Crippen LogP contribution in [0.4, 0.5) is 8.78 Å². The van der Waals surface area contributed by atoms with Crippen LogP contribution in [0.5, 0.6) is 11.5 Å². The average Bonchev–Trinajstić information content (AvgIpc) is 2.37. The van der Waals surface area contributed by atoms with Crippen LogP contribution < -0.4 is 10.5 Å². The molecule has 0 spiro atoms. The Morgan fingerprint density at radius 3 is 2.61 bits per heavy atom. The molecule has 2 aromatic rings. The minimum absolute atomic E-state index is 0.187. The fourth-order valence-electron chi connectivity index (χ4n) is 1.49. The minimum Gasteiger partial charge on any atom is -0.454 e. The topological polar surface area (TPSA) is 35.2 Å². The monoisotopic (exact) mass is 269 g/mol. The molecule has 18 heavy (non-hydrogen) atoms. The largest absolute Gasteiger partial charge is 0.454 e. The maximum atomic E-state index is 13.4. The third kappa shape index (κ3) is 2.60. The summed E-state index contributed by atoms with van der Waals surface area (Å²) in [4.78, 5) is 0. The van der Waals surface area contributed by atoms with E-state index in [1.54, 1.807) is 18.2 Å². The first kappa shape index (κ1) is 12.8. The highest BCUT2D eigenvalue weighted by Crippen LogP contribution is 2.29. The Morgan fingerprint density at radius 1 is 1.11 bits per heavy atom. The molecule has 0 radical (unpaired) electrons. The molecule has 0 saturated carbocycles. The molecular weight excluding hydrogens is 260 g/mol. The van der Waals surface area contributed by atoms with Gasteiger partial charge in [-0.25, -0.2) is 4.39 Å². The first-order valence-corrected chi connectivity index (χ1v) is 5.60. The molecule has 0 aromatic heterocycles. The Balaban J connectivity index is 2.37. The zero-order chi connectivity index (χ0) is 13.1. The summed E-state index contributed by atoms with van der Waals surface area (Å²) in [6, 6.07) is 8.50. The second kappa shape index (κ2) is 5.33. The van der Waals surface area contributed by atoms with Crippen molar-refractivity contribution < 1.29 is 13.5 Å². The molecule has 0 amide bonds. The molecule has 0 unspecified atom stereocenters. The van der Waals surface area contributed by atoms with Gasteiger partial charge in [-0.2, -0.15) is 4.39 Å². The lowest BCUT2D eigenvalue weighted by atomic mass is 10.2. The van der Waals surface area contributed by atoms with Crippen LogP contribution in [0.1, 0.15) is 5.56 Å². The molecular formula is C13H10ClF2NO. The molecule has 0 aliphatic heterocycles. The van der Waals surface area contributed by atoms with Gasteiger partial charge in [0.15, 0.2) is 11.6 Å². The van der Waals surface area contributed by atoms with Crippen molar-refractivity contribution in [3.05, 3.63) is 58.6 Å². The van der Waals surface area contributed by atoms with Gasteiger partial charge in [-0.15, -0.1) is 0 Å². The molecule has 2 aromatic carbocycles. The third-order valence-corrected chi connectivity index (χ3v) is 2.61. The molecule has 94 valence electrons. The van der Waals surface area contributed by atoms with Gasteiger partial charge in [0.25, 0.3) is 0 Å². The number of benzene rings is 2. The Hall–Kier alpha value is -1.65. The molecule has 0 aliphatic rings. The van der Waals surface area contributed by atoms with Crippen LogP contribution in [-0.2, 0) is 6.54 Å². The summed E-state index contributed by atoms with van der Waals surface area (Å²) in [7, 11) is 0. The molecule has 0 saturated heterocycles. The number of hydrogen-bond acceptors (Lipinski definition) is 2. The van der Waals surface area contributed by atoms with E-state index in [9.17, 15) is 8.78 Å². The van der Waals surface area contributed by atoms with Gasteiger partial charge < -0.3 is 10.5 Å². The Kier molecular flexibility index (Phi) is 3.79. The van der Waals surface area contributed by atoms with Crippen molar-refractivity contribution in [1.29, 1.82) is 0 Å². The van der Waals surface area contributed by atoms with Crippen molar-refractivity contribution in [2.75, 3.05) is 0 Å². The predicted octanol–water partition coefficient (Wildman–Crippen LogP) is 3.87. The number of rotatable bonds is 3. The lowest BCUT2D eigenvalue weighted by Gasteiger charge is -2.11. The van der Waals surface area contributed by atoms with Crippen LogP contribution in [-0.4, -0.2) is 0 Å². The first-order valence-electron chi connectivity index (χ1n) is 5.22. The molecule has 0 fully saturated rings. The Labute approximate surface area is 108 Å². The lowest BCUT2D eigenvalue weighted by Crippen LogP contribution is -2.00. The smallest absolute Gasteiger partial charge is 0.201 e. The highest BCUT2D eigenvalue weighted by atomic mass is 35.5. The Morgan fingerprint density at radius 2 is 1.89 bits per heavy atom. The number of halogens is 3. The SMILES string of the molecule is NCc1cc(Cl)ccc1Oc1cccc(F)c1F. The fraction of sp³-hybridized carbons (Fsp3) is 0.0769. The van der Waals surface area contributed by atoms with Crippen LogP contribution in [0.25, 0.3) is 0 Å². The quantitative estimate of drug-likeness (QED) is 0.918. The van der Waals surface area contributed by atoms with Crippen molar-refractivity contribution >= 4 is 11.6 Å². The molecule has 0 aliphatic carbocycles. The summed E-state index contributed by atoms with van der Waals surface area (Å²) in [6.07, 6.45) is 0. The average molecular weight is 270 g/mol. The summed E-state index contributed by atoms with van der Waals surface area (Å²) in [5.74, 6) is -1.83. The van der Waals surface area contributed by atoms with E-state index in [1.165, 1.54) is 12.1 Å². The summed E-state index contributed by atoms with van der Waals surface area (Å²) in [5.41, 5.74) is 6.15. The molecule has 2 N–H and O–H groups in total. The van der Waals surface area contributed by atoms with Gasteiger partial charge in [-0.05, 0) is 30.3 Å². The summed E-state index contributed by atoms with van der Waals surface area (Å²) in [5, 5.41) is 0.502. The molecule has 0 heterocycles. The molecule has 2 nitrogen and oxygen atoms in total. The number of hydrogen-bond donors (Lipinski definition) is 1. The van der Waals surface area contributed by atoms with Crippen LogP contribution in [0.15, 0.2) is 36.4 Å². The number of nitrogens with two attached hydrogens (primary N) is 1. The molecule has 5 heteroatoms. The van der Waals surface area contributed by atoms with Crippen LogP contribution in [0, 0.1) is 11.6 Å². The van der Waals surface area contributed by atoms with E-state index in [2.05, 4.69) is 0 Å². The molecule has 0 bridgehead atoms. The lowest BCUT2D eigenvalue weighted by molar-refractivity contribution is 0.413. The summed E-state index contributed by atoms with van der Waals surface area (Å²) in [6.45, 7) is 0.187. The summed E-state index contributed by atoms with van der Waals surface area (Å²) < 4.78 is 31.8. The first-order chi connectivity index (χ1) is 8.61. The second-order valence-corrected chi connectivity index (χ2v) is 4.05. The maximum absolute atomic E-state index is 13.4. The highest BCUT2D eigenvalue weighted by molar-refractivity contribution is 6.30. The van der Waals surface area contributed by atoms with Gasteiger partial charge in [0.2, 0.25) is 5.82 Å². The van der Waals surface area contributed by atoms with Gasteiger partial charge in [-0.3, -0.25) is 0 Å². The van der Waals surface area contributed by atoms with Gasteiger partial charge >= 0.3 is 0 Å². The van der Waals surface area contributed by atoms with E-state index in [0.717, 1.165) is 6.07 Å². The highest BCUT2D eigenvalue weighted by Gasteiger charge is 2.11. The van der Waals surface area contributed by atoms with E-state index in [0.29, 0.717) is 16.3 Å². The zero-order valence-electron chi connectivity index (χ0n) is 9.29. The molecule has 2 rings (SSSR count). The van der Waals surface area contributed by atoms with Gasteiger partial charge in [0.05, 0.1) is 0 Å². The van der Waals surface area contributed by atoms with Crippen molar-refractivity contribution in [3.63, 3.8) is 0 Å². The maximum Gasteiger partial charge on any atom is 0.201 e. The van der Waals surface area contributed by atoms with E-state index in [1.807, 2.05) is 0 Å². The second-order valence-electron chi connectivity index (χ2n) is 3.61. The summed E-state index contributed by atoms with van der Waals surface area (Å²) >= 11 is 5.81. The van der Waals surface area contributed by atoms with Crippen molar-refractivity contribution in [3.8, 4) is 11.5 Å². The fourth-order valence-corrected chi connectivity index (χ4v) is 1.68. The van der Waals surface area contributed by atoms with Crippen molar-refractivity contribution in [2.24, 2.45) is 5.73 Å². The third-order valence-electron chi connectivity index (χ3n) is 2.38. The van der Waals surface area contributed by atoms with Crippen LogP contribution >= 0.6 is 11.6 Å².